The first kappa shape index (κ1) is 24.5. The Labute approximate surface area is 192 Å². The van der Waals surface area contributed by atoms with E-state index in [1.54, 1.807) is 0 Å². The van der Waals surface area contributed by atoms with Gasteiger partial charge >= 0.3 is 0 Å². The molecule has 32 heavy (non-hydrogen) atoms. The van der Waals surface area contributed by atoms with E-state index in [9.17, 15) is 0 Å². The standard InChI is InChI=1S/C25H35N3O3Si/c1-24(2,3)32(20-13-8-6-9-14-20,21-15-10-7-11-16-21)30-18-12-17-23-22(27-28-26)19-29-25(4,5)31-23/h6-11,13-16,22-23H,12,17-19H2,1-5H3/t22-,23+/m1/s1. The van der Waals surface area contributed by atoms with E-state index < -0.39 is 14.1 Å². The highest BCUT2D eigenvalue weighted by Crippen LogP contribution is 2.37. The van der Waals surface area contributed by atoms with Crippen LogP contribution in [-0.4, -0.2) is 39.5 Å². The summed E-state index contributed by atoms with van der Waals surface area (Å²) in [7, 11) is -2.54. The fourth-order valence-electron chi connectivity index (χ4n) is 4.57. The number of ether oxygens (including phenoxy) is 2. The van der Waals surface area contributed by atoms with Crippen molar-refractivity contribution >= 4 is 18.7 Å². The van der Waals surface area contributed by atoms with Crippen molar-refractivity contribution < 1.29 is 13.9 Å². The van der Waals surface area contributed by atoms with E-state index in [0.29, 0.717) is 13.2 Å². The smallest absolute Gasteiger partial charge is 0.261 e. The lowest BCUT2D eigenvalue weighted by Gasteiger charge is -2.43. The Morgan fingerprint density at radius 1 is 1.06 bits per heavy atom. The molecule has 0 bridgehead atoms. The molecule has 0 radical (unpaired) electrons. The molecule has 0 aliphatic carbocycles. The van der Waals surface area contributed by atoms with Gasteiger partial charge in [-0.25, -0.2) is 0 Å². The first-order valence-electron chi connectivity index (χ1n) is 11.3. The molecular weight excluding hydrogens is 418 g/mol. The Bertz CT molecular complexity index is 870. The monoisotopic (exact) mass is 453 g/mol. The maximum atomic E-state index is 8.91. The minimum Gasteiger partial charge on any atom is -0.407 e. The van der Waals surface area contributed by atoms with Gasteiger partial charge in [0, 0.05) is 11.5 Å². The second-order valence-corrected chi connectivity index (χ2v) is 14.1. The Morgan fingerprint density at radius 2 is 1.62 bits per heavy atom. The summed E-state index contributed by atoms with van der Waals surface area (Å²) in [6.07, 6.45) is 1.37. The van der Waals surface area contributed by atoms with E-state index in [1.165, 1.54) is 10.4 Å². The van der Waals surface area contributed by atoms with Crippen LogP contribution < -0.4 is 10.4 Å². The molecule has 172 valence electrons. The predicted octanol–water partition coefficient (Wildman–Crippen LogP) is 5.17. The van der Waals surface area contributed by atoms with Gasteiger partial charge in [-0.1, -0.05) is 86.5 Å². The molecule has 1 aliphatic heterocycles. The van der Waals surface area contributed by atoms with Crippen molar-refractivity contribution in [3.05, 3.63) is 71.1 Å². The van der Waals surface area contributed by atoms with Crippen molar-refractivity contribution in [2.75, 3.05) is 13.2 Å². The lowest BCUT2D eigenvalue weighted by molar-refractivity contribution is -0.280. The zero-order valence-electron chi connectivity index (χ0n) is 19.8. The first-order chi connectivity index (χ1) is 15.2. The van der Waals surface area contributed by atoms with E-state index in [0.717, 1.165) is 12.8 Å². The van der Waals surface area contributed by atoms with Crippen molar-refractivity contribution in [3.8, 4) is 0 Å². The third-order valence-corrected chi connectivity index (χ3v) is 11.1. The van der Waals surface area contributed by atoms with Gasteiger partial charge in [0.1, 0.15) is 0 Å². The van der Waals surface area contributed by atoms with Gasteiger partial charge in [0.25, 0.3) is 8.32 Å². The number of rotatable bonds is 8. The molecule has 3 rings (SSSR count). The van der Waals surface area contributed by atoms with Crippen molar-refractivity contribution in [2.45, 2.75) is 70.4 Å². The molecular formula is C25H35N3O3Si. The Balaban J connectivity index is 1.81. The van der Waals surface area contributed by atoms with Crippen LogP contribution in [0, 0.1) is 0 Å². The third kappa shape index (κ3) is 5.42. The molecule has 0 spiro atoms. The summed E-state index contributed by atoms with van der Waals surface area (Å²) >= 11 is 0. The Kier molecular flexibility index (Phi) is 7.80. The molecule has 1 aliphatic rings. The van der Waals surface area contributed by atoms with Gasteiger partial charge in [-0.2, -0.15) is 0 Å². The Hall–Kier alpha value is -2.15. The van der Waals surface area contributed by atoms with E-state index in [-0.39, 0.29) is 17.2 Å². The molecule has 2 atom stereocenters. The zero-order valence-corrected chi connectivity index (χ0v) is 20.8. The van der Waals surface area contributed by atoms with Gasteiger partial charge in [-0.15, -0.1) is 0 Å². The lowest BCUT2D eigenvalue weighted by atomic mass is 10.1. The van der Waals surface area contributed by atoms with E-state index in [4.69, 9.17) is 19.4 Å². The first-order valence-corrected chi connectivity index (χ1v) is 13.2. The van der Waals surface area contributed by atoms with Crippen molar-refractivity contribution in [1.82, 2.24) is 0 Å². The number of hydrogen-bond acceptors (Lipinski definition) is 4. The molecule has 2 aromatic carbocycles. The van der Waals surface area contributed by atoms with Gasteiger partial charge in [-0.05, 0) is 47.6 Å². The van der Waals surface area contributed by atoms with Crippen molar-refractivity contribution in [3.63, 3.8) is 0 Å². The number of azide groups is 1. The maximum Gasteiger partial charge on any atom is 0.261 e. The van der Waals surface area contributed by atoms with Crippen LogP contribution in [0.4, 0.5) is 0 Å². The predicted molar refractivity (Wildman–Crippen MR) is 131 cm³/mol. The molecule has 0 N–H and O–H groups in total. The van der Waals surface area contributed by atoms with Crippen LogP contribution in [0.2, 0.25) is 5.04 Å². The topological polar surface area (TPSA) is 76.5 Å². The summed E-state index contributed by atoms with van der Waals surface area (Å²) in [5.74, 6) is -0.676. The maximum absolute atomic E-state index is 8.91. The Morgan fingerprint density at radius 3 is 2.12 bits per heavy atom. The summed E-state index contributed by atoms with van der Waals surface area (Å²) in [6.45, 7) is 11.6. The molecule has 6 nitrogen and oxygen atoms in total. The van der Waals surface area contributed by atoms with Crippen LogP contribution in [0.25, 0.3) is 10.4 Å². The number of hydrogen-bond donors (Lipinski definition) is 0. The van der Waals surface area contributed by atoms with Crippen LogP contribution in [0.15, 0.2) is 65.8 Å². The summed E-state index contributed by atoms with van der Waals surface area (Å²) in [4.78, 5) is 2.98. The molecule has 0 amide bonds. The largest absolute Gasteiger partial charge is 0.407 e. The highest BCUT2D eigenvalue weighted by atomic mass is 28.4. The van der Waals surface area contributed by atoms with Crippen molar-refractivity contribution in [1.29, 1.82) is 0 Å². The third-order valence-electron chi connectivity index (χ3n) is 6.03. The highest BCUT2D eigenvalue weighted by Gasteiger charge is 2.50. The molecule has 7 heteroatoms. The summed E-state index contributed by atoms with van der Waals surface area (Å²) in [5, 5.41) is 6.38. The van der Waals surface area contributed by atoms with Crippen LogP contribution >= 0.6 is 0 Å². The molecule has 1 heterocycles. The van der Waals surface area contributed by atoms with E-state index in [1.807, 2.05) is 13.8 Å². The number of nitrogens with zero attached hydrogens (tertiary/aromatic N) is 3. The average molecular weight is 454 g/mol. The molecule has 1 saturated heterocycles. The van der Waals surface area contributed by atoms with Crippen LogP contribution in [0.1, 0.15) is 47.5 Å². The average Bonchev–Trinajstić information content (AvgIpc) is 2.76. The van der Waals surface area contributed by atoms with E-state index in [2.05, 4.69) is 91.5 Å². The molecule has 0 saturated carbocycles. The van der Waals surface area contributed by atoms with Gasteiger partial charge in [0.15, 0.2) is 5.79 Å². The van der Waals surface area contributed by atoms with E-state index >= 15 is 0 Å². The summed E-state index contributed by atoms with van der Waals surface area (Å²) in [5.41, 5.74) is 8.91. The van der Waals surface area contributed by atoms with Gasteiger partial charge in [0.2, 0.25) is 0 Å². The quantitative estimate of drug-likeness (QED) is 0.182. The normalized spacial score (nSPS) is 21.0. The van der Waals surface area contributed by atoms with Crippen LogP contribution in [0.3, 0.4) is 0 Å². The fourth-order valence-corrected chi connectivity index (χ4v) is 9.17. The number of benzene rings is 2. The molecule has 1 fully saturated rings. The minimum atomic E-state index is -2.54. The fraction of sp³-hybridized carbons (Fsp3) is 0.520. The van der Waals surface area contributed by atoms with Crippen LogP contribution in [-0.2, 0) is 13.9 Å². The van der Waals surface area contributed by atoms with Gasteiger partial charge in [-0.3, -0.25) is 0 Å². The second kappa shape index (κ2) is 10.2. The summed E-state index contributed by atoms with van der Waals surface area (Å²) in [6, 6.07) is 21.0. The van der Waals surface area contributed by atoms with Gasteiger partial charge in [0.05, 0.1) is 18.8 Å². The second-order valence-electron chi connectivity index (χ2n) is 9.79. The molecule has 0 unspecified atom stereocenters. The molecule has 2 aromatic rings. The lowest BCUT2D eigenvalue weighted by Crippen LogP contribution is -2.66. The minimum absolute atomic E-state index is 0.0550. The highest BCUT2D eigenvalue weighted by molar-refractivity contribution is 6.99. The zero-order chi connectivity index (χ0) is 23.2. The summed E-state index contributed by atoms with van der Waals surface area (Å²) < 4.78 is 18.7. The molecule has 0 aromatic heterocycles. The van der Waals surface area contributed by atoms with Gasteiger partial charge < -0.3 is 13.9 Å². The SMILES string of the molecule is CC1(C)OC[C@@H](N=[N+]=[N-])[C@H](CCCO[Si](c2ccccc2)(c2ccccc2)C(C)(C)C)O1. The van der Waals surface area contributed by atoms with Crippen LogP contribution in [0.5, 0.6) is 0 Å². The van der Waals surface area contributed by atoms with Crippen molar-refractivity contribution in [2.24, 2.45) is 5.11 Å².